The molecule has 4 nitrogen and oxygen atoms in total. The van der Waals surface area contributed by atoms with Crippen molar-refractivity contribution in [1.29, 1.82) is 0 Å². The zero-order valence-electron chi connectivity index (χ0n) is 17.3. The average molecular weight is 365 g/mol. The summed E-state index contributed by atoms with van der Waals surface area (Å²) in [5, 5.41) is 0. The van der Waals surface area contributed by atoms with Crippen molar-refractivity contribution in [1.82, 2.24) is 0 Å². The van der Waals surface area contributed by atoms with Crippen molar-refractivity contribution in [3.05, 3.63) is 0 Å². The van der Waals surface area contributed by atoms with Crippen LogP contribution in [0.1, 0.15) is 80.1 Å². The van der Waals surface area contributed by atoms with Gasteiger partial charge in [-0.05, 0) is 64.7 Å². The summed E-state index contributed by atoms with van der Waals surface area (Å²) in [4.78, 5) is 11.9. The molecule has 4 rings (SSSR count). The second-order valence-corrected chi connectivity index (χ2v) is 10.5. The van der Waals surface area contributed by atoms with E-state index in [1.54, 1.807) is 6.92 Å². The Morgan fingerprint density at radius 3 is 2.54 bits per heavy atom. The monoisotopic (exact) mass is 364 g/mol. The van der Waals surface area contributed by atoms with E-state index in [1.807, 2.05) is 0 Å². The molecule has 0 amide bonds. The number of hydrogen-bond acceptors (Lipinski definition) is 4. The second-order valence-electron chi connectivity index (χ2n) is 10.5. The fraction of sp³-hybridized carbons (Fsp3) is 0.955. The maximum atomic E-state index is 11.9. The highest BCUT2D eigenvalue weighted by atomic mass is 16.6. The number of hydrogen-bond donors (Lipinski definition) is 0. The molecule has 1 aliphatic carbocycles. The summed E-state index contributed by atoms with van der Waals surface area (Å²) >= 11 is 0. The van der Waals surface area contributed by atoms with Crippen molar-refractivity contribution in [2.45, 2.75) is 109 Å². The van der Waals surface area contributed by atoms with E-state index < -0.39 is 5.60 Å². The zero-order valence-corrected chi connectivity index (χ0v) is 17.3. The third-order valence-electron chi connectivity index (χ3n) is 7.99. The molecule has 0 aromatic heterocycles. The van der Waals surface area contributed by atoms with Gasteiger partial charge in [-0.25, -0.2) is 0 Å². The SMILES string of the molecule is CC(=O)O[C@]1(C)CC[C@H](C(C)C)[C@@H]2[C@H]1[C@@H]1C[C@@]3(C)CCC[C@](C)(O3)[C@H]2O1. The van der Waals surface area contributed by atoms with Crippen LogP contribution in [-0.2, 0) is 19.0 Å². The van der Waals surface area contributed by atoms with Crippen LogP contribution in [0.3, 0.4) is 0 Å². The van der Waals surface area contributed by atoms with Gasteiger partial charge in [0.2, 0.25) is 0 Å². The predicted octanol–water partition coefficient (Wildman–Crippen LogP) is 4.50. The maximum absolute atomic E-state index is 11.9. The van der Waals surface area contributed by atoms with E-state index in [4.69, 9.17) is 14.2 Å². The highest BCUT2D eigenvalue weighted by Gasteiger charge is 2.67. The van der Waals surface area contributed by atoms with E-state index in [-0.39, 0.29) is 35.3 Å². The Morgan fingerprint density at radius 2 is 1.88 bits per heavy atom. The molecular formula is C22H36O4. The summed E-state index contributed by atoms with van der Waals surface area (Å²) in [6.07, 6.45) is 6.58. The van der Waals surface area contributed by atoms with Gasteiger partial charge in [0.05, 0.1) is 23.4 Å². The standard InChI is InChI=1S/C22H36O4/c1-13(2)15-8-11-21(5,25-14(3)23)18-16-12-20(4)9-7-10-22(6,26-20)19(24-16)17(15)18/h13,15-19H,7-12H2,1-6H3/t15-,16+,17-,18-,19+,20-,21-,22+/m1/s1. The second kappa shape index (κ2) is 5.94. The third-order valence-corrected chi connectivity index (χ3v) is 7.99. The molecule has 4 fully saturated rings. The van der Waals surface area contributed by atoms with E-state index >= 15 is 0 Å². The van der Waals surface area contributed by atoms with Gasteiger partial charge in [0, 0.05) is 25.2 Å². The van der Waals surface area contributed by atoms with Gasteiger partial charge in [-0.2, -0.15) is 0 Å². The summed E-state index contributed by atoms with van der Waals surface area (Å²) in [6, 6.07) is 0. The van der Waals surface area contributed by atoms with E-state index in [1.165, 1.54) is 6.42 Å². The van der Waals surface area contributed by atoms with Gasteiger partial charge in [0.1, 0.15) is 5.60 Å². The van der Waals surface area contributed by atoms with Crippen LogP contribution >= 0.6 is 0 Å². The smallest absolute Gasteiger partial charge is 0.303 e. The maximum Gasteiger partial charge on any atom is 0.303 e. The Labute approximate surface area is 158 Å². The molecule has 4 aliphatic rings. The first-order valence-electron chi connectivity index (χ1n) is 10.6. The molecule has 4 bridgehead atoms. The Balaban J connectivity index is 1.78. The van der Waals surface area contributed by atoms with Crippen molar-refractivity contribution in [2.24, 2.45) is 23.7 Å². The molecule has 4 heteroatoms. The van der Waals surface area contributed by atoms with Gasteiger partial charge in [-0.3, -0.25) is 4.79 Å². The van der Waals surface area contributed by atoms with Gasteiger partial charge in [0.25, 0.3) is 0 Å². The summed E-state index contributed by atoms with van der Waals surface area (Å²) in [5.41, 5.74) is -0.748. The first kappa shape index (κ1) is 18.7. The Kier molecular flexibility index (Phi) is 4.28. The van der Waals surface area contributed by atoms with Crippen molar-refractivity contribution in [3.8, 4) is 0 Å². The fourth-order valence-corrected chi connectivity index (χ4v) is 7.10. The van der Waals surface area contributed by atoms with E-state index in [0.29, 0.717) is 17.8 Å². The molecule has 3 heterocycles. The first-order valence-corrected chi connectivity index (χ1v) is 10.6. The molecule has 8 atom stereocenters. The van der Waals surface area contributed by atoms with E-state index in [9.17, 15) is 4.79 Å². The van der Waals surface area contributed by atoms with Crippen molar-refractivity contribution in [3.63, 3.8) is 0 Å². The molecule has 0 spiro atoms. The van der Waals surface area contributed by atoms with Gasteiger partial charge < -0.3 is 14.2 Å². The highest BCUT2D eigenvalue weighted by molar-refractivity contribution is 5.66. The topological polar surface area (TPSA) is 44.8 Å². The number of rotatable bonds is 2. The molecule has 3 saturated heterocycles. The predicted molar refractivity (Wildman–Crippen MR) is 99.7 cm³/mol. The lowest BCUT2D eigenvalue weighted by atomic mass is 9.56. The molecule has 0 radical (unpaired) electrons. The number of esters is 1. The quantitative estimate of drug-likeness (QED) is 0.677. The lowest BCUT2D eigenvalue weighted by molar-refractivity contribution is -0.219. The van der Waals surface area contributed by atoms with Crippen molar-refractivity contribution in [2.75, 3.05) is 0 Å². The van der Waals surface area contributed by atoms with Crippen LogP contribution in [0.4, 0.5) is 0 Å². The van der Waals surface area contributed by atoms with Crippen molar-refractivity contribution < 1.29 is 19.0 Å². The van der Waals surface area contributed by atoms with E-state index in [2.05, 4.69) is 34.6 Å². The molecule has 26 heavy (non-hydrogen) atoms. The summed E-state index contributed by atoms with van der Waals surface area (Å²) in [6.45, 7) is 12.9. The molecule has 148 valence electrons. The molecule has 0 N–H and O–H groups in total. The minimum Gasteiger partial charge on any atom is -0.459 e. The molecule has 0 aromatic rings. The average Bonchev–Trinajstić information content (AvgIpc) is 2.83. The lowest BCUT2D eigenvalue weighted by Gasteiger charge is -2.55. The number of fused-ring (bicyclic) bond motifs is 8. The molecule has 1 saturated carbocycles. The summed E-state index contributed by atoms with van der Waals surface area (Å²) in [5.74, 6) is 1.73. The van der Waals surface area contributed by atoms with Gasteiger partial charge in [0.15, 0.2) is 0 Å². The molecule has 0 unspecified atom stereocenters. The first-order chi connectivity index (χ1) is 12.1. The molecule has 0 aromatic carbocycles. The Morgan fingerprint density at radius 1 is 1.15 bits per heavy atom. The fourth-order valence-electron chi connectivity index (χ4n) is 7.10. The van der Waals surface area contributed by atoms with Crippen LogP contribution in [0.15, 0.2) is 0 Å². The van der Waals surface area contributed by atoms with Crippen LogP contribution < -0.4 is 0 Å². The number of ether oxygens (including phenoxy) is 3. The zero-order chi connectivity index (χ0) is 18.9. The van der Waals surface area contributed by atoms with Crippen molar-refractivity contribution >= 4 is 5.97 Å². The Bertz CT molecular complexity index is 589. The normalized spacial score (nSPS) is 53.1. The Hall–Kier alpha value is -0.610. The highest BCUT2D eigenvalue weighted by Crippen LogP contribution is 2.61. The minimum absolute atomic E-state index is 0.112. The number of carbonyl (C=O) groups excluding carboxylic acids is 1. The van der Waals surface area contributed by atoms with Crippen LogP contribution in [-0.4, -0.2) is 35.0 Å². The van der Waals surface area contributed by atoms with Crippen LogP contribution in [0.5, 0.6) is 0 Å². The molecular weight excluding hydrogens is 328 g/mol. The number of carbonyl (C=O) groups is 1. The van der Waals surface area contributed by atoms with Crippen LogP contribution in [0.2, 0.25) is 0 Å². The van der Waals surface area contributed by atoms with Crippen LogP contribution in [0.25, 0.3) is 0 Å². The van der Waals surface area contributed by atoms with Gasteiger partial charge >= 0.3 is 5.97 Å². The third kappa shape index (κ3) is 2.74. The van der Waals surface area contributed by atoms with Crippen LogP contribution in [0, 0.1) is 23.7 Å². The summed E-state index contributed by atoms with van der Waals surface area (Å²) in [7, 11) is 0. The minimum atomic E-state index is -0.417. The van der Waals surface area contributed by atoms with E-state index in [0.717, 1.165) is 32.1 Å². The summed E-state index contributed by atoms with van der Waals surface area (Å²) < 4.78 is 19.5. The largest absolute Gasteiger partial charge is 0.459 e. The van der Waals surface area contributed by atoms with Gasteiger partial charge in [-0.15, -0.1) is 0 Å². The van der Waals surface area contributed by atoms with Gasteiger partial charge in [-0.1, -0.05) is 13.8 Å². The lowest BCUT2D eigenvalue weighted by Crippen LogP contribution is -2.60. The molecule has 3 aliphatic heterocycles.